The first-order chi connectivity index (χ1) is 14.1. The molecule has 0 rings (SSSR count). The van der Waals surface area contributed by atoms with E-state index in [2.05, 4.69) is 27.7 Å². The summed E-state index contributed by atoms with van der Waals surface area (Å²) in [6, 6.07) is 0. The van der Waals surface area contributed by atoms with E-state index in [4.69, 9.17) is 0 Å². The summed E-state index contributed by atoms with van der Waals surface area (Å²) >= 11 is 1.14. The smallest absolute Gasteiger partial charge is 1.00 e. The van der Waals surface area contributed by atoms with E-state index >= 15 is 0 Å². The molecule has 0 nitrogen and oxygen atoms in total. The average molecular weight is 554 g/mol. The van der Waals surface area contributed by atoms with Crippen LogP contribution >= 0.6 is 0 Å². The van der Waals surface area contributed by atoms with Gasteiger partial charge in [0.2, 0.25) is 0 Å². The van der Waals surface area contributed by atoms with E-state index in [0.717, 1.165) is 32.3 Å². The maximum absolute atomic E-state index is 2.39. The predicted octanol–water partition coefficient (Wildman–Crippen LogP) is 6.79. The molecule has 184 valence electrons. The normalized spacial score (nSPS) is 12.8. The van der Waals surface area contributed by atoms with Crippen molar-refractivity contribution < 1.29 is 12.4 Å². The van der Waals surface area contributed by atoms with Gasteiger partial charge in [-0.3, -0.25) is 0 Å². The van der Waals surface area contributed by atoms with Crippen molar-refractivity contribution in [1.29, 1.82) is 0 Å². The Morgan fingerprint density at radius 1 is 0.467 bits per heavy atom. The number of unbranched alkanes of at least 4 members (excludes halogenated alkanes) is 14. The third-order valence-electron chi connectivity index (χ3n) is 7.23. The van der Waals surface area contributed by atoms with Crippen molar-refractivity contribution >= 4 is 23.0 Å². The molecule has 0 aliphatic carbocycles. The summed E-state index contributed by atoms with van der Waals surface area (Å²) in [6.07, 6.45) is 32.5. The van der Waals surface area contributed by atoms with Gasteiger partial charge in [-0.25, -0.2) is 0 Å². The third-order valence-corrected chi connectivity index (χ3v) is 10.9. The van der Waals surface area contributed by atoms with E-state index in [1.54, 1.807) is 19.3 Å². The molecular weight excluding hydrogens is 494 g/mol. The molecule has 0 aliphatic heterocycles. The van der Waals surface area contributed by atoms with Crippen LogP contribution in [0.4, 0.5) is 0 Å². The van der Waals surface area contributed by atoms with Crippen LogP contribution < -0.4 is 12.4 Å². The molecule has 0 spiro atoms. The minimum atomic E-state index is 0. The molecule has 0 fully saturated rings. The van der Waals surface area contributed by atoms with Crippen molar-refractivity contribution in [2.45, 2.75) is 172 Å². The second kappa shape index (κ2) is 24.7. The molecule has 0 aromatic carbocycles. The van der Waals surface area contributed by atoms with Gasteiger partial charge in [-0.2, -0.15) is 0 Å². The fourth-order valence-corrected chi connectivity index (χ4v) is 7.62. The topological polar surface area (TPSA) is 0 Å². The van der Waals surface area contributed by atoms with Crippen molar-refractivity contribution in [2.24, 2.45) is 5.92 Å². The van der Waals surface area contributed by atoms with Crippen LogP contribution in [0.15, 0.2) is 0 Å². The molecule has 0 N–H and O–H groups in total. The first-order valence-electron chi connectivity index (χ1n) is 14.0. The molecule has 1 unspecified atom stereocenters. The van der Waals surface area contributed by atoms with Gasteiger partial charge in [0.25, 0.3) is 0 Å². The van der Waals surface area contributed by atoms with E-state index in [0.29, 0.717) is 0 Å². The van der Waals surface area contributed by atoms with Crippen LogP contribution in [0.3, 0.4) is 0 Å². The Kier molecular flexibility index (Phi) is 27.5. The summed E-state index contributed by atoms with van der Waals surface area (Å²) in [7, 11) is 0. The SMILES string of the molecule is CCCCCCCCCCCCCCC(CCCC)[C]([SbH3+])(CCCC)CCCC.[Cl-]. The van der Waals surface area contributed by atoms with E-state index in [9.17, 15) is 0 Å². The third kappa shape index (κ3) is 18.7. The van der Waals surface area contributed by atoms with Crippen LogP contribution in [0.5, 0.6) is 0 Å². The maximum atomic E-state index is 2.39. The van der Waals surface area contributed by atoms with Gasteiger partial charge >= 0.3 is 175 Å². The standard InChI is InChI=1S/C28H57.ClH.Sb.3H/c1-5-9-13-14-15-16-17-18-19-20-21-22-26-28(25-12-8-4)27(23-10-6-2)24-11-7-3;;;;;/h28H,5-26H2,1-4H3;1H;;;;/q;;+1;;;/p-1. The van der Waals surface area contributed by atoms with Crippen LogP contribution in [0, 0.1) is 5.92 Å². The van der Waals surface area contributed by atoms with E-state index in [-0.39, 0.29) is 12.4 Å². The zero-order chi connectivity index (χ0) is 21.6. The summed E-state index contributed by atoms with van der Waals surface area (Å²) in [5.74, 6) is 1.05. The van der Waals surface area contributed by atoms with Gasteiger partial charge < -0.3 is 12.4 Å². The Bertz CT molecular complexity index is 310. The Morgan fingerprint density at radius 3 is 1.20 bits per heavy atom. The van der Waals surface area contributed by atoms with Crippen molar-refractivity contribution in [3.8, 4) is 0 Å². The first kappa shape index (κ1) is 33.3. The second-order valence-electron chi connectivity index (χ2n) is 10.1. The molecule has 0 bridgehead atoms. The molecule has 0 aromatic heterocycles. The fourth-order valence-electron chi connectivity index (χ4n) is 5.03. The number of rotatable bonds is 23. The molecule has 0 radical (unpaired) electrons. The molecule has 1 atom stereocenters. The summed E-state index contributed by atoms with van der Waals surface area (Å²) in [4.78, 5) is 0. The van der Waals surface area contributed by atoms with Gasteiger partial charge in [0.15, 0.2) is 0 Å². The molecule has 0 amide bonds. The molecule has 0 saturated heterocycles. The average Bonchev–Trinajstić information content (AvgIpc) is 2.73. The largest absolute Gasteiger partial charge is 1.00 e. The predicted molar refractivity (Wildman–Crippen MR) is 140 cm³/mol. The Morgan fingerprint density at radius 2 is 0.800 bits per heavy atom. The minimum Gasteiger partial charge on any atom is -1.00 e. The first-order valence-corrected chi connectivity index (χ1v) is 16.0. The van der Waals surface area contributed by atoms with Crippen molar-refractivity contribution in [3.63, 3.8) is 0 Å². The maximum Gasteiger partial charge on any atom is -1.00 e. The zero-order valence-corrected chi connectivity index (χ0v) is 26.5. The quantitative estimate of drug-likeness (QED) is 0.0965. The Balaban J connectivity index is 0. The summed E-state index contributed by atoms with van der Waals surface area (Å²) in [6.45, 7) is 9.47. The Hall–Kier alpha value is 1.11. The molecule has 2 heteroatoms. The Labute approximate surface area is 212 Å². The minimum absolute atomic E-state index is 0. The van der Waals surface area contributed by atoms with Gasteiger partial charge in [0.05, 0.1) is 0 Å². The molecule has 0 heterocycles. The zero-order valence-electron chi connectivity index (χ0n) is 21.7. The molecule has 30 heavy (non-hydrogen) atoms. The van der Waals surface area contributed by atoms with Gasteiger partial charge in [0.1, 0.15) is 0 Å². The number of hydrogen-bond acceptors (Lipinski definition) is 0. The van der Waals surface area contributed by atoms with Gasteiger partial charge in [-0.1, -0.05) is 26.2 Å². The van der Waals surface area contributed by atoms with Crippen molar-refractivity contribution in [2.75, 3.05) is 0 Å². The number of hydrogen-bond donors (Lipinski definition) is 0. The van der Waals surface area contributed by atoms with E-state index in [1.165, 1.54) is 122 Å². The van der Waals surface area contributed by atoms with E-state index in [1.807, 2.05) is 0 Å². The molecule has 0 aliphatic rings. The van der Waals surface area contributed by atoms with Crippen molar-refractivity contribution in [3.05, 3.63) is 0 Å². The van der Waals surface area contributed by atoms with E-state index < -0.39 is 0 Å². The van der Waals surface area contributed by atoms with Gasteiger partial charge in [-0.15, -0.1) is 0 Å². The van der Waals surface area contributed by atoms with Crippen LogP contribution in [-0.2, 0) is 0 Å². The summed E-state index contributed by atoms with van der Waals surface area (Å²) in [5, 5.41) is 0. The summed E-state index contributed by atoms with van der Waals surface area (Å²) < 4.78 is 0.780. The monoisotopic (exact) mass is 552 g/mol. The summed E-state index contributed by atoms with van der Waals surface area (Å²) in [5.41, 5.74) is 0. The number of halogens is 1. The van der Waals surface area contributed by atoms with Crippen LogP contribution in [0.1, 0.15) is 169 Å². The van der Waals surface area contributed by atoms with Gasteiger partial charge in [-0.05, 0) is 0 Å². The fraction of sp³-hybridized carbons (Fsp3) is 1.00. The molecular formula is C28H60ClSb. The van der Waals surface area contributed by atoms with Crippen LogP contribution in [0.2, 0.25) is 3.36 Å². The molecule has 0 saturated carbocycles. The van der Waals surface area contributed by atoms with Crippen molar-refractivity contribution in [1.82, 2.24) is 0 Å². The van der Waals surface area contributed by atoms with Crippen LogP contribution in [0.25, 0.3) is 0 Å². The second-order valence-corrected chi connectivity index (χ2v) is 14.1. The molecule has 0 aromatic rings. The van der Waals surface area contributed by atoms with Crippen LogP contribution in [-0.4, -0.2) is 23.0 Å². The van der Waals surface area contributed by atoms with Gasteiger partial charge in [0, 0.05) is 0 Å².